The van der Waals surface area contributed by atoms with Crippen LogP contribution in [0.4, 0.5) is 10.1 Å². The molecule has 3 rings (SSSR count). The molecule has 0 fully saturated rings. The Hall–Kier alpha value is -2.53. The van der Waals surface area contributed by atoms with E-state index in [-0.39, 0.29) is 17.5 Å². The SMILES string of the molecule is CC1C=CN(c2ccncc2)N1.CCCC(CC(=O)CC)c1ccc(C)c(F)c1. The van der Waals surface area contributed by atoms with E-state index in [4.69, 9.17) is 0 Å². The highest BCUT2D eigenvalue weighted by Gasteiger charge is 2.15. The molecule has 1 aromatic carbocycles. The van der Waals surface area contributed by atoms with Gasteiger partial charge in [0.15, 0.2) is 0 Å². The highest BCUT2D eigenvalue weighted by Crippen LogP contribution is 2.27. The summed E-state index contributed by atoms with van der Waals surface area (Å²) in [7, 11) is 0. The second-order valence-electron chi connectivity index (χ2n) is 7.43. The van der Waals surface area contributed by atoms with E-state index in [1.807, 2.05) is 36.3 Å². The van der Waals surface area contributed by atoms with Crippen LogP contribution >= 0.6 is 0 Å². The summed E-state index contributed by atoms with van der Waals surface area (Å²) in [5.41, 5.74) is 5.99. The number of benzene rings is 1. The predicted octanol–water partition coefficient (Wildman–Crippen LogP) is 5.70. The summed E-state index contributed by atoms with van der Waals surface area (Å²) in [6.07, 6.45) is 10.8. The molecule has 1 aliphatic rings. The number of ketones is 1. The molecule has 2 atom stereocenters. The van der Waals surface area contributed by atoms with Gasteiger partial charge in [0.25, 0.3) is 0 Å². The Bertz CT molecular complexity index is 807. The van der Waals surface area contributed by atoms with Gasteiger partial charge in [0, 0.05) is 37.5 Å². The number of carbonyl (C=O) groups excluding carboxylic acids is 1. The number of Topliss-reactive ketones (excluding diaryl/α,β-unsaturated/α-hetero) is 1. The van der Waals surface area contributed by atoms with Gasteiger partial charge < -0.3 is 0 Å². The number of pyridine rings is 1. The summed E-state index contributed by atoms with van der Waals surface area (Å²) in [4.78, 5) is 15.5. The number of hydrogen-bond donors (Lipinski definition) is 1. The topological polar surface area (TPSA) is 45.2 Å². The molecule has 1 N–H and O–H groups in total. The Morgan fingerprint density at radius 1 is 1.24 bits per heavy atom. The standard InChI is InChI=1S/C15H21FO.C9H11N3/c1-4-6-12(9-14(17)5-2)13-8-7-11(3)15(16)10-13;1-8-4-7-12(11-8)9-2-5-10-6-3-9/h7-8,10,12H,4-6,9H2,1-3H3;2-8,11H,1H3. The van der Waals surface area contributed by atoms with Gasteiger partial charge in [-0.05, 0) is 61.6 Å². The third kappa shape index (κ3) is 7.09. The third-order valence-electron chi connectivity index (χ3n) is 4.98. The van der Waals surface area contributed by atoms with E-state index in [2.05, 4.69) is 30.3 Å². The van der Waals surface area contributed by atoms with Gasteiger partial charge in [-0.15, -0.1) is 0 Å². The number of nitrogens with zero attached hydrogens (tertiary/aromatic N) is 2. The van der Waals surface area contributed by atoms with Crippen LogP contribution in [-0.2, 0) is 4.79 Å². The Labute approximate surface area is 173 Å². The molecule has 0 spiro atoms. The van der Waals surface area contributed by atoms with Crippen molar-refractivity contribution >= 4 is 11.5 Å². The smallest absolute Gasteiger partial charge is 0.133 e. The molecule has 1 aromatic heterocycles. The molecule has 5 heteroatoms. The number of aromatic nitrogens is 1. The van der Waals surface area contributed by atoms with Crippen molar-refractivity contribution in [3.63, 3.8) is 0 Å². The number of nitrogens with one attached hydrogen (secondary N) is 1. The fraction of sp³-hybridized carbons (Fsp3) is 0.417. The summed E-state index contributed by atoms with van der Waals surface area (Å²) >= 11 is 0. The van der Waals surface area contributed by atoms with Crippen LogP contribution in [0.5, 0.6) is 0 Å². The van der Waals surface area contributed by atoms with Crippen molar-refractivity contribution in [2.75, 3.05) is 5.01 Å². The first-order valence-corrected chi connectivity index (χ1v) is 10.4. The average Bonchev–Trinajstić information content (AvgIpc) is 3.17. The number of hydrazine groups is 1. The molecule has 0 amide bonds. The number of aryl methyl sites for hydroxylation is 1. The molecule has 0 saturated heterocycles. The highest BCUT2D eigenvalue weighted by molar-refractivity contribution is 5.78. The number of halogens is 1. The second-order valence-corrected chi connectivity index (χ2v) is 7.43. The minimum atomic E-state index is -0.174. The van der Waals surface area contributed by atoms with E-state index in [9.17, 15) is 9.18 Å². The van der Waals surface area contributed by atoms with E-state index in [1.54, 1.807) is 31.5 Å². The lowest BCUT2D eigenvalue weighted by Gasteiger charge is -2.17. The molecule has 0 radical (unpaired) electrons. The van der Waals surface area contributed by atoms with Crippen molar-refractivity contribution in [2.45, 2.75) is 65.3 Å². The van der Waals surface area contributed by atoms with Crippen molar-refractivity contribution in [3.05, 3.63) is 71.9 Å². The van der Waals surface area contributed by atoms with Crippen LogP contribution in [0.1, 0.15) is 63.5 Å². The maximum atomic E-state index is 13.5. The first-order valence-electron chi connectivity index (χ1n) is 10.4. The van der Waals surface area contributed by atoms with Gasteiger partial charge in [0.05, 0.1) is 5.69 Å². The van der Waals surface area contributed by atoms with Crippen LogP contribution in [-0.4, -0.2) is 16.8 Å². The van der Waals surface area contributed by atoms with Crippen LogP contribution < -0.4 is 10.4 Å². The number of anilines is 1. The van der Waals surface area contributed by atoms with E-state index >= 15 is 0 Å². The van der Waals surface area contributed by atoms with Crippen LogP contribution in [0, 0.1) is 12.7 Å². The monoisotopic (exact) mass is 397 g/mol. The summed E-state index contributed by atoms with van der Waals surface area (Å²) in [6.45, 7) is 7.83. The highest BCUT2D eigenvalue weighted by atomic mass is 19.1. The summed E-state index contributed by atoms with van der Waals surface area (Å²) in [5, 5.41) is 1.99. The van der Waals surface area contributed by atoms with Crippen LogP contribution in [0.25, 0.3) is 0 Å². The normalized spacial score (nSPS) is 16.3. The Morgan fingerprint density at radius 2 is 1.97 bits per heavy atom. The number of hydrogen-bond acceptors (Lipinski definition) is 4. The largest absolute Gasteiger partial charge is 0.300 e. The maximum absolute atomic E-state index is 13.5. The summed E-state index contributed by atoms with van der Waals surface area (Å²) in [6, 6.07) is 9.67. The van der Waals surface area contributed by atoms with Gasteiger partial charge in [0.2, 0.25) is 0 Å². The molecule has 0 saturated carbocycles. The molecule has 156 valence electrons. The number of rotatable bonds is 7. The van der Waals surface area contributed by atoms with Gasteiger partial charge in [-0.3, -0.25) is 14.8 Å². The van der Waals surface area contributed by atoms with Crippen LogP contribution in [0.15, 0.2) is 55.0 Å². The van der Waals surface area contributed by atoms with E-state index in [0.717, 1.165) is 24.1 Å². The quantitative estimate of drug-likeness (QED) is 0.651. The lowest BCUT2D eigenvalue weighted by molar-refractivity contribution is -0.119. The molecular formula is C24H32FN3O. The van der Waals surface area contributed by atoms with Crippen molar-refractivity contribution in [3.8, 4) is 0 Å². The summed E-state index contributed by atoms with van der Waals surface area (Å²) in [5.74, 6) is 0.250. The first kappa shape index (κ1) is 22.8. The molecule has 2 unspecified atom stereocenters. The van der Waals surface area contributed by atoms with E-state index in [0.29, 0.717) is 24.4 Å². The minimum absolute atomic E-state index is 0.169. The third-order valence-corrected chi connectivity index (χ3v) is 4.98. The van der Waals surface area contributed by atoms with Crippen LogP contribution in [0.2, 0.25) is 0 Å². The van der Waals surface area contributed by atoms with Crippen molar-refractivity contribution < 1.29 is 9.18 Å². The lowest BCUT2D eigenvalue weighted by Crippen LogP contribution is -2.33. The fourth-order valence-electron chi connectivity index (χ4n) is 3.20. The van der Waals surface area contributed by atoms with Crippen LogP contribution in [0.3, 0.4) is 0 Å². The molecular weight excluding hydrogens is 365 g/mol. The Balaban J connectivity index is 0.000000218. The molecule has 29 heavy (non-hydrogen) atoms. The molecule has 4 nitrogen and oxygen atoms in total. The molecule has 0 bridgehead atoms. The van der Waals surface area contributed by atoms with Crippen molar-refractivity contribution in [2.24, 2.45) is 0 Å². The average molecular weight is 398 g/mol. The molecule has 2 aromatic rings. The van der Waals surface area contributed by atoms with Gasteiger partial charge in [0.1, 0.15) is 11.6 Å². The fourth-order valence-corrected chi connectivity index (χ4v) is 3.20. The van der Waals surface area contributed by atoms with Gasteiger partial charge in [-0.1, -0.05) is 32.4 Å². The Kier molecular flexibility index (Phi) is 9.00. The Morgan fingerprint density at radius 3 is 2.52 bits per heavy atom. The van der Waals surface area contributed by atoms with E-state index < -0.39 is 0 Å². The molecule has 2 heterocycles. The zero-order valence-electron chi connectivity index (χ0n) is 17.9. The van der Waals surface area contributed by atoms with Crippen molar-refractivity contribution in [1.82, 2.24) is 10.4 Å². The lowest BCUT2D eigenvalue weighted by atomic mass is 9.89. The number of carbonyl (C=O) groups is 1. The molecule has 1 aliphatic heterocycles. The predicted molar refractivity (Wildman–Crippen MR) is 117 cm³/mol. The minimum Gasteiger partial charge on any atom is -0.300 e. The maximum Gasteiger partial charge on any atom is 0.133 e. The zero-order valence-corrected chi connectivity index (χ0v) is 17.9. The summed E-state index contributed by atoms with van der Waals surface area (Å²) < 4.78 is 13.5. The van der Waals surface area contributed by atoms with E-state index in [1.165, 1.54) is 0 Å². The van der Waals surface area contributed by atoms with Gasteiger partial charge in [-0.2, -0.15) is 0 Å². The van der Waals surface area contributed by atoms with Gasteiger partial charge in [-0.25, -0.2) is 9.82 Å². The van der Waals surface area contributed by atoms with Crippen molar-refractivity contribution in [1.29, 1.82) is 0 Å². The zero-order chi connectivity index (χ0) is 21.2. The van der Waals surface area contributed by atoms with Gasteiger partial charge >= 0.3 is 0 Å². The first-order chi connectivity index (χ1) is 13.9. The molecule has 0 aliphatic carbocycles. The second kappa shape index (κ2) is 11.5.